The van der Waals surface area contributed by atoms with Gasteiger partial charge in [-0.3, -0.25) is 25.0 Å². The monoisotopic (exact) mass is 404 g/mol. The van der Waals surface area contributed by atoms with E-state index in [0.29, 0.717) is 16.8 Å². The van der Waals surface area contributed by atoms with Gasteiger partial charge in [0.25, 0.3) is 17.3 Å². The first-order valence-corrected chi connectivity index (χ1v) is 8.62. The van der Waals surface area contributed by atoms with Gasteiger partial charge in [0, 0.05) is 23.8 Å². The van der Waals surface area contributed by atoms with Crippen molar-refractivity contribution in [2.75, 3.05) is 5.32 Å². The number of nitro groups is 2. The third-order valence-corrected chi connectivity index (χ3v) is 4.33. The summed E-state index contributed by atoms with van der Waals surface area (Å²) in [5.74, 6) is -0.283. The predicted octanol–water partition coefficient (Wildman–Crippen LogP) is 4.56. The zero-order valence-electron chi connectivity index (χ0n) is 15.1. The van der Waals surface area contributed by atoms with Crippen molar-refractivity contribution in [3.63, 3.8) is 0 Å². The molecule has 0 unspecified atom stereocenters. The van der Waals surface area contributed by atoms with E-state index in [9.17, 15) is 25.0 Å². The summed E-state index contributed by atoms with van der Waals surface area (Å²) in [6.45, 7) is 0. The van der Waals surface area contributed by atoms with Gasteiger partial charge in [0.05, 0.1) is 27.2 Å². The molecule has 0 aliphatic carbocycles. The van der Waals surface area contributed by atoms with Crippen LogP contribution in [0.1, 0.15) is 10.4 Å². The summed E-state index contributed by atoms with van der Waals surface area (Å²) in [6, 6.07) is 16.1. The van der Waals surface area contributed by atoms with Gasteiger partial charge < -0.3 is 9.73 Å². The molecule has 0 radical (unpaired) electrons. The minimum atomic E-state index is -0.547. The fraction of sp³-hybridized carbons (Fsp3) is 0. The van der Waals surface area contributed by atoms with E-state index in [1.54, 1.807) is 24.3 Å². The summed E-state index contributed by atoms with van der Waals surface area (Å²) < 4.78 is 5.67. The van der Waals surface area contributed by atoms with Gasteiger partial charge in [0.1, 0.15) is 5.52 Å². The van der Waals surface area contributed by atoms with Crippen LogP contribution in [0.4, 0.5) is 17.1 Å². The van der Waals surface area contributed by atoms with Crippen LogP contribution in [-0.4, -0.2) is 20.7 Å². The summed E-state index contributed by atoms with van der Waals surface area (Å²) in [7, 11) is 0. The molecule has 30 heavy (non-hydrogen) atoms. The summed E-state index contributed by atoms with van der Waals surface area (Å²) in [5.41, 5.74) is 1.57. The van der Waals surface area contributed by atoms with Crippen molar-refractivity contribution in [2.45, 2.75) is 0 Å². The second-order valence-corrected chi connectivity index (χ2v) is 6.23. The lowest BCUT2D eigenvalue weighted by Crippen LogP contribution is -2.12. The Hall–Kier alpha value is -4.60. The van der Waals surface area contributed by atoms with Gasteiger partial charge >= 0.3 is 0 Å². The van der Waals surface area contributed by atoms with Crippen molar-refractivity contribution in [3.05, 3.63) is 92.5 Å². The number of non-ortho nitro benzene ring substituents is 2. The van der Waals surface area contributed by atoms with E-state index < -0.39 is 15.8 Å². The van der Waals surface area contributed by atoms with E-state index in [4.69, 9.17) is 4.42 Å². The Kier molecular flexibility index (Phi) is 4.64. The highest BCUT2D eigenvalue weighted by Crippen LogP contribution is 2.31. The number of carbonyl (C=O) groups excluding carboxylic acids is 1. The third-order valence-electron chi connectivity index (χ3n) is 4.33. The lowest BCUT2D eigenvalue weighted by atomic mass is 10.1. The molecule has 10 heteroatoms. The van der Waals surface area contributed by atoms with Gasteiger partial charge in [-0.05, 0) is 30.3 Å². The van der Waals surface area contributed by atoms with Crippen LogP contribution < -0.4 is 5.32 Å². The van der Waals surface area contributed by atoms with E-state index in [0.717, 1.165) is 0 Å². The Balaban J connectivity index is 1.65. The standard InChI is InChI=1S/C20H12N4O6/c25-19(12-5-7-13(8-6-12)23(26)27)21-16-4-2-1-3-15(16)20-22-17-10-9-14(24(28)29)11-18(17)30-20/h1-11H,(H,21,25). The van der Waals surface area contributed by atoms with Gasteiger partial charge in [-0.25, -0.2) is 4.98 Å². The van der Waals surface area contributed by atoms with Gasteiger partial charge in [-0.1, -0.05) is 12.1 Å². The Morgan fingerprint density at radius 3 is 2.27 bits per heavy atom. The molecule has 0 saturated carbocycles. The smallest absolute Gasteiger partial charge is 0.273 e. The maximum absolute atomic E-state index is 12.6. The van der Waals surface area contributed by atoms with Crippen LogP contribution in [0.5, 0.6) is 0 Å². The number of benzene rings is 3. The first kappa shape index (κ1) is 18.7. The minimum Gasteiger partial charge on any atom is -0.436 e. The first-order valence-electron chi connectivity index (χ1n) is 8.62. The highest BCUT2D eigenvalue weighted by atomic mass is 16.6. The van der Waals surface area contributed by atoms with E-state index in [-0.39, 0.29) is 28.4 Å². The van der Waals surface area contributed by atoms with E-state index in [1.165, 1.54) is 42.5 Å². The van der Waals surface area contributed by atoms with Gasteiger partial charge in [-0.2, -0.15) is 0 Å². The molecular weight excluding hydrogens is 392 g/mol. The molecular formula is C20H12N4O6. The molecule has 4 aromatic rings. The van der Waals surface area contributed by atoms with Crippen molar-refractivity contribution >= 4 is 34.1 Å². The number of nitrogens with one attached hydrogen (secondary N) is 1. The predicted molar refractivity (Wildman–Crippen MR) is 107 cm³/mol. The number of nitrogens with zero attached hydrogens (tertiary/aromatic N) is 3. The maximum atomic E-state index is 12.6. The molecule has 10 nitrogen and oxygen atoms in total. The van der Waals surface area contributed by atoms with Gasteiger partial charge in [-0.15, -0.1) is 0 Å². The second-order valence-electron chi connectivity index (χ2n) is 6.23. The van der Waals surface area contributed by atoms with Crippen molar-refractivity contribution in [3.8, 4) is 11.5 Å². The number of fused-ring (bicyclic) bond motifs is 1. The molecule has 0 aliphatic rings. The first-order chi connectivity index (χ1) is 14.4. The number of para-hydroxylation sites is 1. The molecule has 1 heterocycles. The molecule has 1 amide bonds. The number of hydrogen-bond donors (Lipinski definition) is 1. The van der Waals surface area contributed by atoms with Gasteiger partial charge in [0.2, 0.25) is 5.89 Å². The third kappa shape index (κ3) is 3.56. The van der Waals surface area contributed by atoms with Crippen LogP contribution in [0.15, 0.2) is 71.1 Å². The van der Waals surface area contributed by atoms with Crippen LogP contribution in [-0.2, 0) is 0 Å². The van der Waals surface area contributed by atoms with Crippen LogP contribution in [0.25, 0.3) is 22.6 Å². The SMILES string of the molecule is O=C(Nc1ccccc1-c1nc2ccc([N+](=O)[O-])cc2o1)c1ccc([N+](=O)[O-])cc1. The number of nitro benzene ring substituents is 2. The average Bonchev–Trinajstić information content (AvgIpc) is 3.17. The average molecular weight is 404 g/mol. The van der Waals surface area contributed by atoms with Crippen molar-refractivity contribution < 1.29 is 19.1 Å². The summed E-state index contributed by atoms with van der Waals surface area (Å²) in [4.78, 5) is 37.5. The molecule has 4 rings (SSSR count). The molecule has 0 saturated heterocycles. The van der Waals surface area contributed by atoms with E-state index in [2.05, 4.69) is 10.3 Å². The molecule has 0 bridgehead atoms. The second kappa shape index (κ2) is 7.43. The molecule has 0 aliphatic heterocycles. The zero-order chi connectivity index (χ0) is 21.3. The number of amides is 1. The Morgan fingerprint density at radius 1 is 0.900 bits per heavy atom. The topological polar surface area (TPSA) is 141 Å². The van der Waals surface area contributed by atoms with Gasteiger partial charge in [0.15, 0.2) is 5.58 Å². The number of hydrogen-bond acceptors (Lipinski definition) is 7. The molecule has 0 spiro atoms. The molecule has 0 fully saturated rings. The van der Waals surface area contributed by atoms with Crippen molar-refractivity contribution in [1.29, 1.82) is 0 Å². The molecule has 1 N–H and O–H groups in total. The number of aromatic nitrogens is 1. The van der Waals surface area contributed by atoms with Crippen molar-refractivity contribution in [2.24, 2.45) is 0 Å². The molecule has 148 valence electrons. The largest absolute Gasteiger partial charge is 0.436 e. The number of oxazole rings is 1. The lowest BCUT2D eigenvalue weighted by Gasteiger charge is -2.08. The fourth-order valence-electron chi connectivity index (χ4n) is 2.85. The Morgan fingerprint density at radius 2 is 1.57 bits per heavy atom. The minimum absolute atomic E-state index is 0.118. The quantitative estimate of drug-likeness (QED) is 0.379. The van der Waals surface area contributed by atoms with Crippen LogP contribution >= 0.6 is 0 Å². The lowest BCUT2D eigenvalue weighted by molar-refractivity contribution is -0.385. The van der Waals surface area contributed by atoms with E-state index in [1.807, 2.05) is 0 Å². The molecule has 0 atom stereocenters. The normalized spacial score (nSPS) is 10.7. The summed E-state index contributed by atoms with van der Waals surface area (Å²) in [6.07, 6.45) is 0. The Labute approximate surface area is 168 Å². The molecule has 3 aromatic carbocycles. The molecule has 1 aromatic heterocycles. The number of rotatable bonds is 5. The zero-order valence-corrected chi connectivity index (χ0v) is 15.1. The van der Waals surface area contributed by atoms with Crippen molar-refractivity contribution in [1.82, 2.24) is 4.98 Å². The number of carbonyl (C=O) groups is 1. The fourth-order valence-corrected chi connectivity index (χ4v) is 2.85. The highest BCUT2D eigenvalue weighted by Gasteiger charge is 2.17. The Bertz CT molecular complexity index is 1300. The van der Waals surface area contributed by atoms with E-state index >= 15 is 0 Å². The number of anilines is 1. The summed E-state index contributed by atoms with van der Waals surface area (Å²) >= 11 is 0. The van der Waals surface area contributed by atoms with Crippen LogP contribution in [0.2, 0.25) is 0 Å². The maximum Gasteiger partial charge on any atom is 0.273 e. The van der Waals surface area contributed by atoms with Crippen LogP contribution in [0, 0.1) is 20.2 Å². The highest BCUT2D eigenvalue weighted by molar-refractivity contribution is 6.06. The van der Waals surface area contributed by atoms with Crippen LogP contribution in [0.3, 0.4) is 0 Å². The summed E-state index contributed by atoms with van der Waals surface area (Å²) in [5, 5.41) is 24.4.